The van der Waals surface area contributed by atoms with Crippen LogP contribution in [0.1, 0.15) is 17.7 Å². The molecule has 0 saturated carbocycles. The zero-order chi connectivity index (χ0) is 11.5. The van der Waals surface area contributed by atoms with Crippen molar-refractivity contribution in [1.82, 2.24) is 9.78 Å². The van der Waals surface area contributed by atoms with E-state index in [1.807, 2.05) is 12.1 Å². The van der Waals surface area contributed by atoms with Gasteiger partial charge in [-0.15, -0.1) is 11.6 Å². The van der Waals surface area contributed by atoms with Crippen molar-refractivity contribution in [2.45, 2.75) is 12.3 Å². The summed E-state index contributed by atoms with van der Waals surface area (Å²) in [4.78, 5) is 0. The third-order valence-corrected chi connectivity index (χ3v) is 2.50. The average molecular weight is 243 g/mol. The Kier molecular flexibility index (Phi) is 3.19. The molecule has 0 aliphatic carbocycles. The number of rotatable bonds is 3. The van der Waals surface area contributed by atoms with Crippen molar-refractivity contribution < 1.29 is 8.78 Å². The molecule has 1 heterocycles. The van der Waals surface area contributed by atoms with Crippen LogP contribution in [-0.4, -0.2) is 9.78 Å². The van der Waals surface area contributed by atoms with Gasteiger partial charge in [0, 0.05) is 12.1 Å². The highest BCUT2D eigenvalue weighted by atomic mass is 35.5. The van der Waals surface area contributed by atoms with Crippen LogP contribution in [0.2, 0.25) is 0 Å². The summed E-state index contributed by atoms with van der Waals surface area (Å²) in [5.74, 6) is 0.432. The van der Waals surface area contributed by atoms with Crippen LogP contribution in [0.15, 0.2) is 36.5 Å². The number of nitrogens with zero attached hydrogens (tertiary/aromatic N) is 2. The Morgan fingerprint density at radius 2 is 1.88 bits per heavy atom. The molecule has 16 heavy (non-hydrogen) atoms. The zero-order valence-corrected chi connectivity index (χ0v) is 9.03. The maximum atomic E-state index is 12.3. The normalized spacial score (nSPS) is 11.0. The number of halogens is 3. The fourth-order valence-corrected chi connectivity index (χ4v) is 1.51. The number of hydrogen-bond donors (Lipinski definition) is 0. The van der Waals surface area contributed by atoms with E-state index in [0.717, 1.165) is 11.3 Å². The van der Waals surface area contributed by atoms with Gasteiger partial charge in [0.15, 0.2) is 0 Å². The molecule has 0 amide bonds. The lowest BCUT2D eigenvalue weighted by molar-refractivity contribution is 0.145. The third-order valence-electron chi connectivity index (χ3n) is 2.19. The minimum absolute atomic E-state index is 0.221. The van der Waals surface area contributed by atoms with E-state index >= 15 is 0 Å². The topological polar surface area (TPSA) is 17.8 Å². The summed E-state index contributed by atoms with van der Waals surface area (Å²) in [5, 5.41) is 3.77. The molecule has 5 heteroatoms. The number of aromatic nitrogens is 2. The van der Waals surface area contributed by atoms with Gasteiger partial charge in [-0.3, -0.25) is 0 Å². The van der Waals surface area contributed by atoms with E-state index in [1.54, 1.807) is 12.1 Å². The molecule has 2 rings (SSSR count). The first-order chi connectivity index (χ1) is 7.70. The fraction of sp³-hybridized carbons (Fsp3) is 0.182. The largest absolute Gasteiger partial charge is 0.282 e. The van der Waals surface area contributed by atoms with Crippen molar-refractivity contribution in [3.63, 3.8) is 0 Å². The minimum Gasteiger partial charge on any atom is -0.241 e. The van der Waals surface area contributed by atoms with Crippen LogP contribution in [0.25, 0.3) is 5.69 Å². The van der Waals surface area contributed by atoms with Crippen LogP contribution in [0.3, 0.4) is 0 Å². The lowest BCUT2D eigenvalue weighted by atomic mass is 10.2. The van der Waals surface area contributed by atoms with Gasteiger partial charge in [-0.2, -0.15) is 5.10 Å². The Hall–Kier alpha value is -1.42. The van der Waals surface area contributed by atoms with Crippen LogP contribution in [-0.2, 0) is 5.88 Å². The van der Waals surface area contributed by atoms with Crippen molar-refractivity contribution >= 4 is 11.6 Å². The van der Waals surface area contributed by atoms with Gasteiger partial charge in [-0.05, 0) is 23.8 Å². The molecule has 1 aromatic carbocycles. The predicted octanol–water partition coefficient (Wildman–Crippen LogP) is 3.55. The van der Waals surface area contributed by atoms with Crippen LogP contribution in [0.5, 0.6) is 0 Å². The Morgan fingerprint density at radius 1 is 1.19 bits per heavy atom. The van der Waals surface area contributed by atoms with E-state index in [2.05, 4.69) is 5.10 Å². The molecule has 0 radical (unpaired) electrons. The van der Waals surface area contributed by atoms with Gasteiger partial charge in [0.2, 0.25) is 0 Å². The first-order valence-electron chi connectivity index (χ1n) is 4.69. The second kappa shape index (κ2) is 4.61. The highest BCUT2D eigenvalue weighted by Gasteiger charge is 2.10. The Morgan fingerprint density at radius 3 is 2.38 bits per heavy atom. The van der Waals surface area contributed by atoms with Crippen LogP contribution in [0, 0.1) is 0 Å². The molecule has 0 atom stereocenters. The highest BCUT2D eigenvalue weighted by Crippen LogP contribution is 2.18. The highest BCUT2D eigenvalue weighted by molar-refractivity contribution is 6.17. The van der Waals surface area contributed by atoms with Crippen molar-refractivity contribution in [3.05, 3.63) is 47.8 Å². The van der Waals surface area contributed by atoms with Gasteiger partial charge in [-0.1, -0.05) is 12.1 Å². The van der Waals surface area contributed by atoms with E-state index in [-0.39, 0.29) is 5.69 Å². The molecule has 0 fully saturated rings. The quantitative estimate of drug-likeness (QED) is 0.753. The van der Waals surface area contributed by atoms with Crippen LogP contribution in [0.4, 0.5) is 8.78 Å². The summed E-state index contributed by atoms with van der Waals surface area (Å²) in [5.41, 5.74) is 1.49. The van der Waals surface area contributed by atoms with E-state index in [0.29, 0.717) is 5.88 Å². The van der Waals surface area contributed by atoms with Crippen molar-refractivity contribution in [1.29, 1.82) is 0 Å². The molecule has 0 aliphatic rings. The first kappa shape index (κ1) is 11.1. The molecule has 0 N–H and O–H groups in total. The third kappa shape index (κ3) is 2.22. The Bertz CT molecular complexity index is 465. The second-order valence-corrected chi connectivity index (χ2v) is 3.55. The van der Waals surface area contributed by atoms with E-state index < -0.39 is 6.43 Å². The summed E-state index contributed by atoms with van der Waals surface area (Å²) in [7, 11) is 0. The van der Waals surface area contributed by atoms with Gasteiger partial charge in [-0.25, -0.2) is 13.5 Å². The molecule has 1 aromatic heterocycles. The summed E-state index contributed by atoms with van der Waals surface area (Å²) in [6.07, 6.45) is -1.03. The van der Waals surface area contributed by atoms with Crippen LogP contribution < -0.4 is 0 Å². The number of alkyl halides is 3. The van der Waals surface area contributed by atoms with Gasteiger partial charge in [0.1, 0.15) is 5.69 Å². The van der Waals surface area contributed by atoms with E-state index in [9.17, 15) is 8.78 Å². The maximum absolute atomic E-state index is 12.3. The molecule has 2 aromatic rings. The molecular weight excluding hydrogens is 234 g/mol. The number of hydrogen-bond acceptors (Lipinski definition) is 1. The van der Waals surface area contributed by atoms with Gasteiger partial charge in [0.05, 0.1) is 5.69 Å². The summed E-state index contributed by atoms with van der Waals surface area (Å²) in [6, 6.07) is 8.57. The second-order valence-electron chi connectivity index (χ2n) is 3.29. The standard InChI is InChI=1S/C11H9ClF2N2/c12-7-8-1-3-9(4-2-8)16-6-5-10(15-16)11(13)14/h1-6,11H,7H2. The Labute approximate surface area is 96.5 Å². The molecule has 0 aliphatic heterocycles. The molecule has 2 nitrogen and oxygen atoms in total. The predicted molar refractivity (Wildman–Crippen MR) is 58.1 cm³/mol. The van der Waals surface area contributed by atoms with Crippen molar-refractivity contribution in [2.24, 2.45) is 0 Å². The van der Waals surface area contributed by atoms with Crippen LogP contribution >= 0.6 is 11.6 Å². The maximum Gasteiger partial charge on any atom is 0.282 e. The van der Waals surface area contributed by atoms with Gasteiger partial charge in [0.25, 0.3) is 6.43 Å². The van der Waals surface area contributed by atoms with E-state index in [4.69, 9.17) is 11.6 Å². The van der Waals surface area contributed by atoms with Gasteiger partial charge >= 0.3 is 0 Å². The van der Waals surface area contributed by atoms with Crippen molar-refractivity contribution in [2.75, 3.05) is 0 Å². The van der Waals surface area contributed by atoms with E-state index in [1.165, 1.54) is 16.9 Å². The Balaban J connectivity index is 2.28. The smallest absolute Gasteiger partial charge is 0.241 e. The average Bonchev–Trinajstić information content (AvgIpc) is 2.78. The minimum atomic E-state index is -2.54. The molecule has 0 unspecified atom stereocenters. The summed E-state index contributed by atoms with van der Waals surface area (Å²) < 4.78 is 26.1. The first-order valence-corrected chi connectivity index (χ1v) is 5.23. The fourth-order valence-electron chi connectivity index (χ4n) is 1.34. The lowest BCUT2D eigenvalue weighted by Crippen LogP contribution is -1.96. The van der Waals surface area contributed by atoms with Gasteiger partial charge < -0.3 is 0 Å². The monoisotopic (exact) mass is 242 g/mol. The molecule has 0 saturated heterocycles. The summed E-state index contributed by atoms with van der Waals surface area (Å²) in [6.45, 7) is 0. The lowest BCUT2D eigenvalue weighted by Gasteiger charge is -2.02. The molecule has 0 bridgehead atoms. The zero-order valence-electron chi connectivity index (χ0n) is 8.28. The summed E-state index contributed by atoms with van der Waals surface area (Å²) >= 11 is 5.65. The molecule has 84 valence electrons. The van der Waals surface area contributed by atoms with Crippen molar-refractivity contribution in [3.8, 4) is 5.69 Å². The number of benzene rings is 1. The molecule has 0 spiro atoms. The molecular formula is C11H9ClF2N2. The SMILES string of the molecule is FC(F)c1ccn(-c2ccc(CCl)cc2)n1.